The highest BCUT2D eigenvalue weighted by atomic mass is 16.5. The van der Waals surface area contributed by atoms with Gasteiger partial charge in [0, 0.05) is 11.5 Å². The Morgan fingerprint density at radius 1 is 1.00 bits per heavy atom. The van der Waals surface area contributed by atoms with Crippen LogP contribution in [-0.4, -0.2) is 31.8 Å². The Morgan fingerprint density at radius 3 is 2.24 bits per heavy atom. The van der Waals surface area contributed by atoms with Crippen LogP contribution in [0, 0.1) is 11.3 Å². The Hall–Kier alpha value is -2.37. The highest BCUT2D eigenvalue weighted by Crippen LogP contribution is 2.49. The third-order valence-electron chi connectivity index (χ3n) is 7.87. The van der Waals surface area contributed by atoms with Gasteiger partial charge in [0.1, 0.15) is 11.8 Å². The first kappa shape index (κ1) is 27.7. The average Bonchev–Trinajstić information content (AvgIpc) is 3.61. The lowest BCUT2D eigenvalue weighted by Crippen LogP contribution is -2.44. The van der Waals surface area contributed by atoms with Crippen molar-refractivity contribution in [2.45, 2.75) is 97.4 Å². The molecule has 1 saturated heterocycles. The summed E-state index contributed by atoms with van der Waals surface area (Å²) in [7, 11) is 1.70. The largest absolute Gasteiger partial charge is 0.496 e. The van der Waals surface area contributed by atoms with Gasteiger partial charge in [-0.25, -0.2) is 0 Å². The molecule has 0 bridgehead atoms. The molecule has 2 fully saturated rings. The van der Waals surface area contributed by atoms with Crippen molar-refractivity contribution >= 4 is 5.97 Å². The number of hydrogen-bond acceptors (Lipinski definition) is 5. The van der Waals surface area contributed by atoms with Gasteiger partial charge in [-0.15, -0.1) is 0 Å². The molecule has 1 N–H and O–H groups in total. The molecule has 1 aliphatic carbocycles. The lowest BCUT2D eigenvalue weighted by Gasteiger charge is -2.36. The summed E-state index contributed by atoms with van der Waals surface area (Å²) >= 11 is 0. The van der Waals surface area contributed by atoms with Gasteiger partial charge >= 0.3 is 5.97 Å². The number of carbonyl (C=O) groups is 1. The SMILES string of the molecule is CCOC(=O)[C@H]1N[C@@H](c2ccccc2C2CC2)[C@@H](OCc2cc(C(C)(C)C)ccc2OC)[C@@H]1C(C)(C)C. The smallest absolute Gasteiger partial charge is 0.323 e. The normalized spacial score (nSPS) is 24.2. The van der Waals surface area contributed by atoms with Crippen molar-refractivity contribution in [3.05, 3.63) is 64.7 Å². The van der Waals surface area contributed by atoms with E-state index in [4.69, 9.17) is 14.2 Å². The minimum atomic E-state index is -0.440. The molecule has 1 heterocycles. The van der Waals surface area contributed by atoms with Gasteiger partial charge in [-0.2, -0.15) is 0 Å². The molecule has 4 atom stereocenters. The summed E-state index contributed by atoms with van der Waals surface area (Å²) in [6.45, 7) is 15.8. The van der Waals surface area contributed by atoms with Crippen molar-refractivity contribution in [2.75, 3.05) is 13.7 Å². The van der Waals surface area contributed by atoms with Gasteiger partial charge in [0.2, 0.25) is 0 Å². The monoisotopic (exact) mass is 507 g/mol. The highest BCUT2D eigenvalue weighted by Gasteiger charge is 2.53. The van der Waals surface area contributed by atoms with Crippen molar-refractivity contribution in [1.29, 1.82) is 0 Å². The summed E-state index contributed by atoms with van der Waals surface area (Å²) < 4.78 is 18.1. The fraction of sp³-hybridized carbons (Fsp3) is 0.594. The lowest BCUT2D eigenvalue weighted by molar-refractivity contribution is -0.148. The maximum Gasteiger partial charge on any atom is 0.323 e. The van der Waals surface area contributed by atoms with Gasteiger partial charge in [-0.05, 0) is 65.3 Å². The zero-order valence-electron chi connectivity index (χ0n) is 23.9. The van der Waals surface area contributed by atoms with E-state index < -0.39 is 6.04 Å². The van der Waals surface area contributed by atoms with Crippen molar-refractivity contribution in [1.82, 2.24) is 5.32 Å². The van der Waals surface area contributed by atoms with Crippen molar-refractivity contribution in [2.24, 2.45) is 11.3 Å². The molecule has 5 heteroatoms. The molecule has 2 aliphatic rings. The van der Waals surface area contributed by atoms with E-state index in [0.717, 1.165) is 11.3 Å². The topological polar surface area (TPSA) is 56.8 Å². The third kappa shape index (κ3) is 6.04. The molecule has 0 spiro atoms. The first-order valence-corrected chi connectivity index (χ1v) is 13.8. The summed E-state index contributed by atoms with van der Waals surface area (Å²) in [6, 6.07) is 14.5. The summed E-state index contributed by atoms with van der Waals surface area (Å²) in [5, 5.41) is 3.69. The third-order valence-corrected chi connectivity index (χ3v) is 7.87. The minimum Gasteiger partial charge on any atom is -0.496 e. The van der Waals surface area contributed by atoms with E-state index >= 15 is 0 Å². The second-order valence-corrected chi connectivity index (χ2v) is 12.7. The fourth-order valence-electron chi connectivity index (χ4n) is 5.80. The molecule has 202 valence electrons. The number of esters is 1. The number of nitrogens with one attached hydrogen (secondary N) is 1. The van der Waals surface area contributed by atoms with E-state index in [1.54, 1.807) is 7.11 Å². The van der Waals surface area contributed by atoms with Gasteiger partial charge in [-0.3, -0.25) is 10.1 Å². The first-order chi connectivity index (χ1) is 17.5. The quantitative estimate of drug-likeness (QED) is 0.403. The molecule has 2 aromatic carbocycles. The molecule has 0 aromatic heterocycles. The number of ether oxygens (including phenoxy) is 3. The van der Waals surface area contributed by atoms with Crippen LogP contribution in [0.15, 0.2) is 42.5 Å². The van der Waals surface area contributed by atoms with Crippen LogP contribution in [-0.2, 0) is 26.3 Å². The van der Waals surface area contributed by atoms with Crippen LogP contribution in [0.1, 0.15) is 95.5 Å². The molecule has 4 rings (SSSR count). The van der Waals surface area contributed by atoms with E-state index in [-0.39, 0.29) is 34.9 Å². The van der Waals surface area contributed by atoms with Gasteiger partial charge in [-0.1, -0.05) is 71.9 Å². The van der Waals surface area contributed by atoms with Crippen LogP contribution >= 0.6 is 0 Å². The van der Waals surface area contributed by atoms with Crippen LogP contribution in [0.3, 0.4) is 0 Å². The Labute approximate surface area is 223 Å². The van der Waals surface area contributed by atoms with Gasteiger partial charge < -0.3 is 14.2 Å². The molecule has 0 unspecified atom stereocenters. The Bertz CT molecular complexity index is 1090. The van der Waals surface area contributed by atoms with Crippen LogP contribution in [0.4, 0.5) is 0 Å². The summed E-state index contributed by atoms with van der Waals surface area (Å²) in [4.78, 5) is 13.2. The highest BCUT2D eigenvalue weighted by molar-refractivity contribution is 5.77. The second-order valence-electron chi connectivity index (χ2n) is 12.7. The zero-order valence-corrected chi connectivity index (χ0v) is 23.9. The van der Waals surface area contributed by atoms with E-state index in [9.17, 15) is 4.79 Å². The van der Waals surface area contributed by atoms with Crippen molar-refractivity contribution in [3.63, 3.8) is 0 Å². The van der Waals surface area contributed by atoms with E-state index in [1.165, 1.54) is 29.5 Å². The molecule has 5 nitrogen and oxygen atoms in total. The molecule has 0 radical (unpaired) electrons. The first-order valence-electron chi connectivity index (χ1n) is 13.8. The van der Waals surface area contributed by atoms with Crippen LogP contribution in [0.5, 0.6) is 5.75 Å². The molecule has 1 aliphatic heterocycles. The molecule has 1 saturated carbocycles. The van der Waals surface area contributed by atoms with E-state index in [2.05, 4.69) is 83.3 Å². The van der Waals surface area contributed by atoms with Crippen LogP contribution in [0.2, 0.25) is 0 Å². The van der Waals surface area contributed by atoms with Crippen molar-refractivity contribution < 1.29 is 19.0 Å². The van der Waals surface area contributed by atoms with E-state index in [1.807, 2.05) is 13.0 Å². The Balaban J connectivity index is 1.73. The van der Waals surface area contributed by atoms with Gasteiger partial charge in [0.25, 0.3) is 0 Å². The van der Waals surface area contributed by atoms with Crippen LogP contribution in [0.25, 0.3) is 0 Å². The predicted octanol–water partition coefficient (Wildman–Crippen LogP) is 6.69. The molecular weight excluding hydrogens is 462 g/mol. The fourth-order valence-corrected chi connectivity index (χ4v) is 5.80. The maximum absolute atomic E-state index is 13.2. The second kappa shape index (κ2) is 10.8. The summed E-state index contributed by atoms with van der Waals surface area (Å²) in [6.07, 6.45) is 2.23. The summed E-state index contributed by atoms with van der Waals surface area (Å²) in [5.41, 5.74) is 4.71. The predicted molar refractivity (Wildman–Crippen MR) is 148 cm³/mol. The summed E-state index contributed by atoms with van der Waals surface area (Å²) in [5.74, 6) is 1.15. The van der Waals surface area contributed by atoms with Crippen LogP contribution < -0.4 is 10.1 Å². The average molecular weight is 508 g/mol. The van der Waals surface area contributed by atoms with Gasteiger partial charge in [0.05, 0.1) is 32.5 Å². The molecule has 0 amide bonds. The van der Waals surface area contributed by atoms with Crippen molar-refractivity contribution in [3.8, 4) is 5.75 Å². The Morgan fingerprint density at radius 2 is 1.68 bits per heavy atom. The Kier molecular flexibility index (Phi) is 8.06. The number of benzene rings is 2. The maximum atomic E-state index is 13.2. The number of hydrogen-bond donors (Lipinski definition) is 1. The number of methoxy groups -OCH3 is 1. The molecule has 2 aromatic rings. The lowest BCUT2D eigenvalue weighted by atomic mass is 9.73. The number of carbonyl (C=O) groups excluding carboxylic acids is 1. The molecule has 37 heavy (non-hydrogen) atoms. The van der Waals surface area contributed by atoms with E-state index in [0.29, 0.717) is 19.1 Å². The zero-order chi connectivity index (χ0) is 27.0. The minimum absolute atomic E-state index is 0.0185. The molecular formula is C32H45NO4. The number of rotatable bonds is 8. The standard InChI is InChI=1S/C32H45NO4/c1-9-36-30(34)28-26(32(5,6)7)29(27(33-28)24-13-11-10-12-23(24)20-14-15-20)37-19-21-18-22(31(2,3)4)16-17-25(21)35-8/h10-13,16-18,20,26-29,33H,9,14-15,19H2,1-8H3/t26-,27+,28+,29+/m1/s1. The van der Waals surface area contributed by atoms with Gasteiger partial charge in [0.15, 0.2) is 0 Å².